The van der Waals surface area contributed by atoms with E-state index < -0.39 is 11.0 Å². The lowest BCUT2D eigenvalue weighted by Gasteiger charge is -2.10. The van der Waals surface area contributed by atoms with Crippen molar-refractivity contribution < 1.29 is 9.72 Å². The molecule has 0 saturated carbocycles. The zero-order chi connectivity index (χ0) is 17.1. The molecule has 3 aromatic rings. The third-order valence-electron chi connectivity index (χ3n) is 3.31. The molecule has 7 nitrogen and oxygen atoms in total. The molecule has 2 aromatic carbocycles. The van der Waals surface area contributed by atoms with Gasteiger partial charge in [0.25, 0.3) is 0 Å². The van der Waals surface area contributed by atoms with E-state index in [9.17, 15) is 14.9 Å². The molecule has 0 aliphatic heterocycles. The second-order valence-corrected chi connectivity index (χ2v) is 5.25. The number of carbonyl (C=O) groups is 1. The predicted octanol–water partition coefficient (Wildman–Crippen LogP) is 4.44. The molecule has 3 rings (SSSR count). The summed E-state index contributed by atoms with van der Waals surface area (Å²) in [5.74, 6) is -0.217. The number of aromatic nitrogens is 1. The number of halogens is 1. The number of benzene rings is 2. The van der Waals surface area contributed by atoms with Gasteiger partial charge in [-0.05, 0) is 17.5 Å². The average Bonchev–Trinajstić information content (AvgIpc) is 2.55. The van der Waals surface area contributed by atoms with Crippen molar-refractivity contribution in [2.75, 3.05) is 10.6 Å². The Morgan fingerprint density at radius 1 is 1.04 bits per heavy atom. The molecule has 0 aliphatic carbocycles. The van der Waals surface area contributed by atoms with Gasteiger partial charge in [0.1, 0.15) is 5.15 Å². The van der Waals surface area contributed by atoms with E-state index in [0.717, 1.165) is 10.8 Å². The number of anilines is 2. The Morgan fingerprint density at radius 2 is 1.79 bits per heavy atom. The van der Waals surface area contributed by atoms with Gasteiger partial charge < -0.3 is 5.32 Å². The SMILES string of the molecule is O=C(Nc1nc(Cl)ccc1[N+](=O)[O-])Nc1cccc2ccccc12. The molecule has 120 valence electrons. The summed E-state index contributed by atoms with van der Waals surface area (Å²) in [7, 11) is 0. The van der Waals surface area contributed by atoms with Crippen molar-refractivity contribution in [2.45, 2.75) is 0 Å². The molecule has 2 amide bonds. The summed E-state index contributed by atoms with van der Waals surface area (Å²) in [5.41, 5.74) is 0.239. The second-order valence-electron chi connectivity index (χ2n) is 4.86. The van der Waals surface area contributed by atoms with Crippen molar-refractivity contribution in [1.29, 1.82) is 0 Å². The topological polar surface area (TPSA) is 97.2 Å². The molecular weight excluding hydrogens is 332 g/mol. The van der Waals surface area contributed by atoms with Gasteiger partial charge in [0.05, 0.1) is 10.6 Å². The maximum absolute atomic E-state index is 12.2. The van der Waals surface area contributed by atoms with E-state index in [1.54, 1.807) is 12.1 Å². The van der Waals surface area contributed by atoms with E-state index in [1.165, 1.54) is 12.1 Å². The molecular formula is C16H11ClN4O3. The Labute approximate surface area is 141 Å². The minimum atomic E-state index is -0.649. The van der Waals surface area contributed by atoms with Crippen LogP contribution in [0.3, 0.4) is 0 Å². The molecule has 0 bridgehead atoms. The molecule has 0 aliphatic rings. The van der Waals surface area contributed by atoms with Gasteiger partial charge in [-0.25, -0.2) is 9.78 Å². The molecule has 0 unspecified atom stereocenters. The van der Waals surface area contributed by atoms with Crippen molar-refractivity contribution >= 4 is 45.6 Å². The average molecular weight is 343 g/mol. The normalized spacial score (nSPS) is 10.4. The molecule has 0 radical (unpaired) electrons. The van der Waals surface area contributed by atoms with Crippen LogP contribution in [0.1, 0.15) is 0 Å². The summed E-state index contributed by atoms with van der Waals surface area (Å²) in [6.07, 6.45) is 0. The number of nitrogens with zero attached hydrogens (tertiary/aromatic N) is 2. The van der Waals surface area contributed by atoms with Gasteiger partial charge in [-0.1, -0.05) is 48.0 Å². The van der Waals surface area contributed by atoms with E-state index in [4.69, 9.17) is 11.6 Å². The lowest BCUT2D eigenvalue weighted by Crippen LogP contribution is -2.21. The zero-order valence-corrected chi connectivity index (χ0v) is 12.9. The third kappa shape index (κ3) is 3.26. The fraction of sp³-hybridized carbons (Fsp3) is 0. The number of pyridine rings is 1. The highest BCUT2D eigenvalue weighted by atomic mass is 35.5. The summed E-state index contributed by atoms with van der Waals surface area (Å²) < 4.78 is 0. The smallest absolute Gasteiger partial charge is 0.307 e. The first-order valence-corrected chi connectivity index (χ1v) is 7.29. The Morgan fingerprint density at radius 3 is 2.58 bits per heavy atom. The van der Waals surface area contributed by atoms with Gasteiger partial charge >= 0.3 is 11.7 Å². The quantitative estimate of drug-likeness (QED) is 0.417. The van der Waals surface area contributed by atoms with Crippen LogP contribution in [0.25, 0.3) is 10.8 Å². The number of rotatable bonds is 3. The summed E-state index contributed by atoms with van der Waals surface area (Å²) in [6.45, 7) is 0. The Hall–Kier alpha value is -3.19. The highest BCUT2D eigenvalue weighted by Crippen LogP contribution is 2.25. The van der Waals surface area contributed by atoms with Crippen LogP contribution >= 0.6 is 11.6 Å². The second kappa shape index (κ2) is 6.51. The number of amides is 2. The molecule has 1 aromatic heterocycles. The number of fused-ring (bicyclic) bond motifs is 1. The lowest BCUT2D eigenvalue weighted by atomic mass is 10.1. The van der Waals surface area contributed by atoms with Crippen LogP contribution in [0.15, 0.2) is 54.6 Å². The van der Waals surface area contributed by atoms with Gasteiger partial charge in [0.2, 0.25) is 5.82 Å². The van der Waals surface area contributed by atoms with Gasteiger partial charge in [0, 0.05) is 11.5 Å². The molecule has 0 saturated heterocycles. The number of nitro groups is 1. The highest BCUT2D eigenvalue weighted by molar-refractivity contribution is 6.29. The van der Waals surface area contributed by atoms with E-state index in [2.05, 4.69) is 15.6 Å². The van der Waals surface area contributed by atoms with Gasteiger partial charge in [-0.3, -0.25) is 15.4 Å². The van der Waals surface area contributed by atoms with E-state index in [0.29, 0.717) is 5.69 Å². The Balaban J connectivity index is 1.86. The standard InChI is InChI=1S/C16H11ClN4O3/c17-14-9-8-13(21(23)24)15(19-14)20-16(22)18-12-7-3-5-10-4-1-2-6-11(10)12/h1-9H,(H2,18,19,20,22). The fourth-order valence-electron chi connectivity index (χ4n) is 2.26. The van der Waals surface area contributed by atoms with Gasteiger partial charge in [-0.2, -0.15) is 0 Å². The largest absolute Gasteiger partial charge is 0.325 e. The molecule has 8 heteroatoms. The lowest BCUT2D eigenvalue weighted by molar-refractivity contribution is -0.384. The van der Waals surface area contributed by atoms with Crippen molar-refractivity contribution in [1.82, 2.24) is 4.98 Å². The van der Waals surface area contributed by atoms with E-state index in [-0.39, 0.29) is 16.7 Å². The molecule has 24 heavy (non-hydrogen) atoms. The predicted molar refractivity (Wildman–Crippen MR) is 92.5 cm³/mol. The highest BCUT2D eigenvalue weighted by Gasteiger charge is 2.18. The third-order valence-corrected chi connectivity index (χ3v) is 3.52. The Kier molecular flexibility index (Phi) is 4.26. The maximum atomic E-state index is 12.2. The zero-order valence-electron chi connectivity index (χ0n) is 12.2. The minimum Gasteiger partial charge on any atom is -0.307 e. The van der Waals surface area contributed by atoms with Crippen LogP contribution in [0.4, 0.5) is 22.0 Å². The van der Waals surface area contributed by atoms with Crippen molar-refractivity contribution in [2.24, 2.45) is 0 Å². The van der Waals surface area contributed by atoms with Crippen LogP contribution in [0, 0.1) is 10.1 Å². The first-order valence-electron chi connectivity index (χ1n) is 6.91. The molecule has 0 fully saturated rings. The number of hydrogen-bond donors (Lipinski definition) is 2. The summed E-state index contributed by atoms with van der Waals surface area (Å²) in [6, 6.07) is 14.8. The van der Waals surface area contributed by atoms with Gasteiger partial charge in [-0.15, -0.1) is 0 Å². The van der Waals surface area contributed by atoms with Crippen molar-refractivity contribution in [3.8, 4) is 0 Å². The van der Waals surface area contributed by atoms with Crippen LogP contribution in [-0.2, 0) is 0 Å². The van der Waals surface area contributed by atoms with Crippen LogP contribution in [0.2, 0.25) is 5.15 Å². The van der Waals surface area contributed by atoms with Crippen LogP contribution in [-0.4, -0.2) is 15.9 Å². The Bertz CT molecular complexity index is 940. The number of hydrogen-bond acceptors (Lipinski definition) is 4. The number of urea groups is 1. The first-order chi connectivity index (χ1) is 11.5. The molecule has 1 heterocycles. The van der Waals surface area contributed by atoms with Crippen LogP contribution < -0.4 is 10.6 Å². The van der Waals surface area contributed by atoms with E-state index >= 15 is 0 Å². The fourth-order valence-corrected chi connectivity index (χ4v) is 2.41. The van der Waals surface area contributed by atoms with Gasteiger partial charge in [0.15, 0.2) is 0 Å². The molecule has 0 spiro atoms. The maximum Gasteiger partial charge on any atom is 0.325 e. The summed E-state index contributed by atoms with van der Waals surface area (Å²) in [4.78, 5) is 26.3. The first kappa shape index (κ1) is 15.7. The van der Waals surface area contributed by atoms with Crippen molar-refractivity contribution in [3.05, 3.63) is 69.9 Å². The molecule has 2 N–H and O–H groups in total. The molecule has 0 atom stereocenters. The number of carbonyl (C=O) groups excluding carboxylic acids is 1. The van der Waals surface area contributed by atoms with Crippen molar-refractivity contribution in [3.63, 3.8) is 0 Å². The minimum absolute atomic E-state index is 0.0426. The number of nitrogens with one attached hydrogen (secondary N) is 2. The summed E-state index contributed by atoms with van der Waals surface area (Å²) in [5, 5.41) is 17.9. The van der Waals surface area contributed by atoms with Crippen LogP contribution in [0.5, 0.6) is 0 Å². The van der Waals surface area contributed by atoms with E-state index in [1.807, 2.05) is 30.3 Å². The summed E-state index contributed by atoms with van der Waals surface area (Å²) >= 11 is 5.74. The monoisotopic (exact) mass is 342 g/mol.